The van der Waals surface area contributed by atoms with Crippen LogP contribution < -0.4 is 10.6 Å². The van der Waals surface area contributed by atoms with Gasteiger partial charge in [-0.25, -0.2) is 9.18 Å². The molecule has 0 heterocycles. The molecule has 1 aromatic rings. The molecule has 1 rings (SSSR count). The first kappa shape index (κ1) is 13.7. The zero-order chi connectivity index (χ0) is 13.1. The van der Waals surface area contributed by atoms with E-state index in [9.17, 15) is 9.18 Å². The topological polar surface area (TPSA) is 61.4 Å². The Labute approximate surface area is 104 Å². The smallest absolute Gasteiger partial charge is 0.319 e. The number of rotatable bonds is 3. The molecule has 0 aliphatic heterocycles. The first-order valence-corrected chi connectivity index (χ1v) is 5.37. The molecule has 0 spiro atoms. The molecule has 6 heteroatoms. The zero-order valence-electron chi connectivity index (χ0n) is 9.55. The van der Waals surface area contributed by atoms with Crippen LogP contribution in [0.2, 0.25) is 5.02 Å². The summed E-state index contributed by atoms with van der Waals surface area (Å²) in [6.45, 7) is 3.15. The van der Waals surface area contributed by atoms with Crippen LogP contribution in [0.4, 0.5) is 14.9 Å². The second-order valence-corrected chi connectivity index (χ2v) is 4.66. The van der Waals surface area contributed by atoms with Crippen molar-refractivity contribution in [3.63, 3.8) is 0 Å². The van der Waals surface area contributed by atoms with Crippen LogP contribution in [0.5, 0.6) is 0 Å². The maximum Gasteiger partial charge on any atom is 0.319 e. The molecule has 1 aromatic carbocycles. The SMILES string of the molecule is CC(C)(CO)NC(=O)Nc1ccc(F)c(Cl)c1. The number of halogens is 2. The molecule has 4 nitrogen and oxygen atoms in total. The number of anilines is 1. The van der Waals surface area contributed by atoms with Crippen molar-refractivity contribution in [1.82, 2.24) is 5.32 Å². The second kappa shape index (κ2) is 5.33. The summed E-state index contributed by atoms with van der Waals surface area (Å²) in [7, 11) is 0. The summed E-state index contributed by atoms with van der Waals surface area (Å²) in [6.07, 6.45) is 0. The second-order valence-electron chi connectivity index (χ2n) is 4.25. The highest BCUT2D eigenvalue weighted by Gasteiger charge is 2.19. The fourth-order valence-electron chi connectivity index (χ4n) is 1.08. The molecule has 0 aromatic heterocycles. The molecular formula is C11H14ClFN2O2. The van der Waals surface area contributed by atoms with Gasteiger partial charge in [-0.1, -0.05) is 11.6 Å². The Bertz CT molecular complexity index is 424. The standard InChI is InChI=1S/C11H14ClFN2O2/c1-11(2,6-16)15-10(17)14-7-3-4-9(13)8(12)5-7/h3-5,16H,6H2,1-2H3,(H2,14,15,17). The molecule has 0 aliphatic carbocycles. The van der Waals surface area contributed by atoms with Crippen LogP contribution in [0.3, 0.4) is 0 Å². The van der Waals surface area contributed by atoms with E-state index in [1.807, 2.05) is 0 Å². The number of benzene rings is 1. The van der Waals surface area contributed by atoms with Crippen LogP contribution in [0.1, 0.15) is 13.8 Å². The van der Waals surface area contributed by atoms with Crippen molar-refractivity contribution in [3.05, 3.63) is 29.0 Å². The number of amides is 2. The Balaban J connectivity index is 2.65. The van der Waals surface area contributed by atoms with Crippen LogP contribution in [-0.2, 0) is 0 Å². The summed E-state index contributed by atoms with van der Waals surface area (Å²) in [4.78, 5) is 11.5. The number of carbonyl (C=O) groups is 1. The van der Waals surface area contributed by atoms with E-state index in [4.69, 9.17) is 16.7 Å². The lowest BCUT2D eigenvalue weighted by molar-refractivity contribution is 0.187. The molecular weight excluding hydrogens is 247 g/mol. The number of urea groups is 1. The Hall–Kier alpha value is -1.33. The van der Waals surface area contributed by atoms with Gasteiger partial charge in [0, 0.05) is 5.69 Å². The van der Waals surface area contributed by atoms with Gasteiger partial charge >= 0.3 is 6.03 Å². The first-order chi connectivity index (χ1) is 7.84. The number of carbonyl (C=O) groups excluding carboxylic acids is 1. The fourth-order valence-corrected chi connectivity index (χ4v) is 1.26. The highest BCUT2D eigenvalue weighted by molar-refractivity contribution is 6.31. The predicted molar refractivity (Wildman–Crippen MR) is 64.7 cm³/mol. The molecule has 2 amide bonds. The number of nitrogens with one attached hydrogen (secondary N) is 2. The van der Waals surface area contributed by atoms with Crippen molar-refractivity contribution in [2.75, 3.05) is 11.9 Å². The van der Waals surface area contributed by atoms with Crippen molar-refractivity contribution < 1.29 is 14.3 Å². The average molecular weight is 261 g/mol. The van der Waals surface area contributed by atoms with E-state index in [0.717, 1.165) is 6.07 Å². The number of aliphatic hydroxyl groups excluding tert-OH is 1. The lowest BCUT2D eigenvalue weighted by Crippen LogP contribution is -2.48. The lowest BCUT2D eigenvalue weighted by atomic mass is 10.1. The van der Waals surface area contributed by atoms with Gasteiger partial charge in [0.2, 0.25) is 0 Å². The highest BCUT2D eigenvalue weighted by atomic mass is 35.5. The Morgan fingerprint density at radius 1 is 1.53 bits per heavy atom. The van der Waals surface area contributed by atoms with E-state index < -0.39 is 17.4 Å². The van der Waals surface area contributed by atoms with E-state index in [-0.39, 0.29) is 11.6 Å². The van der Waals surface area contributed by atoms with Crippen LogP contribution in [0.25, 0.3) is 0 Å². The summed E-state index contributed by atoms with van der Waals surface area (Å²) in [5, 5.41) is 14.0. The normalized spacial score (nSPS) is 11.1. The minimum absolute atomic E-state index is 0.0655. The zero-order valence-corrected chi connectivity index (χ0v) is 10.3. The van der Waals surface area contributed by atoms with Crippen LogP contribution >= 0.6 is 11.6 Å². The third-order valence-electron chi connectivity index (χ3n) is 2.02. The van der Waals surface area contributed by atoms with E-state index in [0.29, 0.717) is 5.69 Å². The van der Waals surface area contributed by atoms with Gasteiger partial charge in [0.25, 0.3) is 0 Å². The molecule has 0 radical (unpaired) electrons. The van der Waals surface area contributed by atoms with Crippen molar-refractivity contribution in [2.45, 2.75) is 19.4 Å². The van der Waals surface area contributed by atoms with Crippen LogP contribution in [0.15, 0.2) is 18.2 Å². The maximum absolute atomic E-state index is 12.9. The quantitative estimate of drug-likeness (QED) is 0.781. The van der Waals surface area contributed by atoms with Gasteiger partial charge in [-0.15, -0.1) is 0 Å². The summed E-state index contributed by atoms with van der Waals surface area (Å²) >= 11 is 5.57. The van der Waals surface area contributed by atoms with Crippen LogP contribution in [0, 0.1) is 5.82 Å². The summed E-state index contributed by atoms with van der Waals surface area (Å²) < 4.78 is 12.9. The van der Waals surface area contributed by atoms with E-state index >= 15 is 0 Å². The number of aliphatic hydroxyl groups is 1. The fraction of sp³-hybridized carbons (Fsp3) is 0.364. The van der Waals surface area contributed by atoms with E-state index in [1.165, 1.54) is 12.1 Å². The monoisotopic (exact) mass is 260 g/mol. The van der Waals surface area contributed by atoms with Gasteiger partial charge in [0.1, 0.15) is 5.82 Å². The molecule has 0 unspecified atom stereocenters. The highest BCUT2D eigenvalue weighted by Crippen LogP contribution is 2.19. The van der Waals surface area contributed by atoms with Gasteiger partial charge in [-0.05, 0) is 32.0 Å². The van der Waals surface area contributed by atoms with E-state index in [2.05, 4.69) is 10.6 Å². The van der Waals surface area contributed by atoms with Crippen molar-refractivity contribution in [1.29, 1.82) is 0 Å². The molecule has 0 saturated carbocycles. The molecule has 0 aliphatic rings. The molecule has 0 saturated heterocycles. The average Bonchev–Trinajstić information content (AvgIpc) is 2.23. The first-order valence-electron chi connectivity index (χ1n) is 4.99. The van der Waals surface area contributed by atoms with Crippen molar-refractivity contribution in [2.24, 2.45) is 0 Å². The summed E-state index contributed by atoms with van der Waals surface area (Å²) in [6, 6.07) is 3.37. The molecule has 0 bridgehead atoms. The van der Waals surface area contributed by atoms with Gasteiger partial charge in [0.15, 0.2) is 0 Å². The largest absolute Gasteiger partial charge is 0.394 e. The minimum atomic E-state index is -0.728. The van der Waals surface area contributed by atoms with Gasteiger partial charge in [0.05, 0.1) is 17.2 Å². The predicted octanol–water partition coefficient (Wildman–Crippen LogP) is 2.37. The number of hydrogen-bond acceptors (Lipinski definition) is 2. The Kier molecular flexibility index (Phi) is 4.31. The maximum atomic E-state index is 12.9. The third kappa shape index (κ3) is 4.20. The van der Waals surface area contributed by atoms with Crippen molar-refractivity contribution in [3.8, 4) is 0 Å². The lowest BCUT2D eigenvalue weighted by Gasteiger charge is -2.23. The van der Waals surface area contributed by atoms with Gasteiger partial charge < -0.3 is 15.7 Å². The molecule has 0 fully saturated rings. The minimum Gasteiger partial charge on any atom is -0.394 e. The number of hydrogen-bond donors (Lipinski definition) is 3. The van der Waals surface area contributed by atoms with Gasteiger partial charge in [-0.3, -0.25) is 0 Å². The molecule has 94 valence electrons. The Morgan fingerprint density at radius 2 is 2.18 bits per heavy atom. The van der Waals surface area contributed by atoms with Crippen molar-refractivity contribution >= 4 is 23.3 Å². The molecule has 17 heavy (non-hydrogen) atoms. The summed E-state index contributed by atoms with van der Waals surface area (Å²) in [5.41, 5.74) is -0.351. The van der Waals surface area contributed by atoms with Gasteiger partial charge in [-0.2, -0.15) is 0 Å². The summed E-state index contributed by atoms with van der Waals surface area (Å²) in [5.74, 6) is -0.548. The van der Waals surface area contributed by atoms with Crippen LogP contribution in [-0.4, -0.2) is 23.3 Å². The van der Waals surface area contributed by atoms with E-state index in [1.54, 1.807) is 13.8 Å². The third-order valence-corrected chi connectivity index (χ3v) is 2.31. The molecule has 3 N–H and O–H groups in total. The molecule has 0 atom stereocenters. The Morgan fingerprint density at radius 3 is 2.71 bits per heavy atom.